The summed E-state index contributed by atoms with van der Waals surface area (Å²) in [7, 11) is 0. The fourth-order valence-electron chi connectivity index (χ4n) is 1.68. The van der Waals surface area contributed by atoms with Gasteiger partial charge in [0.2, 0.25) is 0 Å². The minimum atomic E-state index is 0.220. The Morgan fingerprint density at radius 2 is 1.59 bits per heavy atom. The molecule has 0 saturated carbocycles. The molecular formula is C15H15IO. The summed E-state index contributed by atoms with van der Waals surface area (Å²) < 4.78 is 6.90. The summed E-state index contributed by atoms with van der Waals surface area (Å²) in [5.74, 6) is 0.926. The molecule has 0 fully saturated rings. The van der Waals surface area contributed by atoms with Gasteiger partial charge in [0.05, 0.1) is 6.10 Å². The Hall–Kier alpha value is -1.03. The van der Waals surface area contributed by atoms with Gasteiger partial charge in [-0.25, -0.2) is 0 Å². The predicted octanol–water partition coefficient (Wildman–Crippen LogP) is 4.75. The molecule has 2 rings (SSSR count). The zero-order valence-corrected chi connectivity index (χ0v) is 12.1. The Labute approximate surface area is 116 Å². The third-order valence-corrected chi connectivity index (χ3v) is 3.35. The molecule has 0 saturated heterocycles. The fraction of sp³-hybridized carbons (Fsp3) is 0.200. The smallest absolute Gasteiger partial charge is 0.119 e. The van der Waals surface area contributed by atoms with E-state index in [2.05, 4.69) is 59.0 Å². The van der Waals surface area contributed by atoms with Crippen LogP contribution in [-0.2, 0) is 0 Å². The quantitative estimate of drug-likeness (QED) is 0.734. The number of rotatable bonds is 3. The average Bonchev–Trinajstić information content (AvgIpc) is 2.30. The molecule has 17 heavy (non-hydrogen) atoms. The molecule has 0 aliphatic rings. The van der Waals surface area contributed by atoms with Crippen molar-refractivity contribution in [2.45, 2.75) is 20.0 Å². The van der Waals surface area contributed by atoms with Crippen molar-refractivity contribution in [3.8, 4) is 16.9 Å². The van der Waals surface area contributed by atoms with Crippen molar-refractivity contribution in [2.24, 2.45) is 0 Å². The zero-order valence-electron chi connectivity index (χ0n) is 9.98. The minimum Gasteiger partial charge on any atom is -0.491 e. The lowest BCUT2D eigenvalue weighted by atomic mass is 10.1. The molecule has 0 atom stereocenters. The highest BCUT2D eigenvalue weighted by Crippen LogP contribution is 2.26. The number of ether oxygens (including phenoxy) is 1. The maximum Gasteiger partial charge on any atom is 0.119 e. The molecule has 1 nitrogen and oxygen atoms in total. The summed E-state index contributed by atoms with van der Waals surface area (Å²) >= 11 is 2.36. The first-order valence-electron chi connectivity index (χ1n) is 5.68. The van der Waals surface area contributed by atoms with E-state index in [-0.39, 0.29) is 6.10 Å². The third kappa shape index (κ3) is 3.22. The Kier molecular flexibility index (Phi) is 4.05. The van der Waals surface area contributed by atoms with Gasteiger partial charge in [0.15, 0.2) is 0 Å². The molecule has 0 aromatic heterocycles. The molecule has 2 aromatic rings. The Bertz CT molecular complexity index is 489. The predicted molar refractivity (Wildman–Crippen MR) is 80.4 cm³/mol. The van der Waals surface area contributed by atoms with Crippen LogP contribution in [-0.4, -0.2) is 6.10 Å². The second-order valence-corrected chi connectivity index (χ2v) is 5.33. The fourth-order valence-corrected chi connectivity index (χ4v) is 2.38. The normalized spacial score (nSPS) is 10.6. The summed E-state index contributed by atoms with van der Waals surface area (Å²) in [4.78, 5) is 0. The lowest BCUT2D eigenvalue weighted by molar-refractivity contribution is 0.242. The highest BCUT2D eigenvalue weighted by Gasteiger charge is 2.02. The lowest BCUT2D eigenvalue weighted by Crippen LogP contribution is -2.05. The molecule has 0 unspecified atom stereocenters. The largest absolute Gasteiger partial charge is 0.491 e. The maximum absolute atomic E-state index is 5.63. The van der Waals surface area contributed by atoms with E-state index in [0.717, 1.165) is 5.75 Å². The molecule has 2 aromatic carbocycles. The maximum atomic E-state index is 5.63. The molecule has 2 heteroatoms. The summed E-state index contributed by atoms with van der Waals surface area (Å²) in [5.41, 5.74) is 2.50. The molecule has 0 heterocycles. The second kappa shape index (κ2) is 5.54. The molecule has 0 radical (unpaired) electrons. The van der Waals surface area contributed by atoms with E-state index in [0.29, 0.717) is 0 Å². The summed E-state index contributed by atoms with van der Waals surface area (Å²) in [6, 6.07) is 16.6. The van der Waals surface area contributed by atoms with E-state index in [1.807, 2.05) is 26.0 Å². The van der Waals surface area contributed by atoms with E-state index in [1.165, 1.54) is 14.7 Å². The van der Waals surface area contributed by atoms with Crippen molar-refractivity contribution in [1.82, 2.24) is 0 Å². The van der Waals surface area contributed by atoms with E-state index in [4.69, 9.17) is 4.74 Å². The standard InChI is InChI=1S/C15H15IO/c1-11(2)17-13-9-7-12(8-10-13)14-5-3-4-6-15(14)16/h3-11H,1-2H3. The zero-order chi connectivity index (χ0) is 12.3. The van der Waals surface area contributed by atoms with Gasteiger partial charge >= 0.3 is 0 Å². The molecule has 0 spiro atoms. The first-order chi connectivity index (χ1) is 8.16. The molecule has 88 valence electrons. The molecule has 0 bridgehead atoms. The lowest BCUT2D eigenvalue weighted by Gasteiger charge is -2.10. The van der Waals surface area contributed by atoms with Gasteiger partial charge in [0.25, 0.3) is 0 Å². The topological polar surface area (TPSA) is 9.23 Å². The summed E-state index contributed by atoms with van der Waals surface area (Å²) in [6.07, 6.45) is 0.220. The van der Waals surface area contributed by atoms with Crippen LogP contribution in [0.1, 0.15) is 13.8 Å². The van der Waals surface area contributed by atoms with Crippen molar-refractivity contribution < 1.29 is 4.74 Å². The molecule has 0 amide bonds. The van der Waals surface area contributed by atoms with E-state index < -0.39 is 0 Å². The van der Waals surface area contributed by atoms with Crippen LogP contribution in [0.5, 0.6) is 5.75 Å². The Morgan fingerprint density at radius 1 is 0.941 bits per heavy atom. The molecular weight excluding hydrogens is 323 g/mol. The highest BCUT2D eigenvalue weighted by atomic mass is 127. The van der Waals surface area contributed by atoms with Gasteiger partial charge < -0.3 is 4.74 Å². The van der Waals surface area contributed by atoms with Crippen LogP contribution in [0.2, 0.25) is 0 Å². The number of halogens is 1. The van der Waals surface area contributed by atoms with E-state index >= 15 is 0 Å². The number of hydrogen-bond donors (Lipinski definition) is 0. The van der Waals surface area contributed by atoms with Crippen molar-refractivity contribution in [2.75, 3.05) is 0 Å². The van der Waals surface area contributed by atoms with Crippen LogP contribution in [0.3, 0.4) is 0 Å². The van der Waals surface area contributed by atoms with Gasteiger partial charge in [-0.3, -0.25) is 0 Å². The molecule has 0 N–H and O–H groups in total. The number of benzene rings is 2. The summed E-state index contributed by atoms with van der Waals surface area (Å²) in [5, 5.41) is 0. The summed E-state index contributed by atoms with van der Waals surface area (Å²) in [6.45, 7) is 4.07. The van der Waals surface area contributed by atoms with Crippen LogP contribution < -0.4 is 4.74 Å². The van der Waals surface area contributed by atoms with Crippen molar-refractivity contribution in [3.63, 3.8) is 0 Å². The monoisotopic (exact) mass is 338 g/mol. The van der Waals surface area contributed by atoms with Crippen molar-refractivity contribution >= 4 is 22.6 Å². The van der Waals surface area contributed by atoms with E-state index in [9.17, 15) is 0 Å². The highest BCUT2D eigenvalue weighted by molar-refractivity contribution is 14.1. The van der Waals surface area contributed by atoms with Gasteiger partial charge in [-0.1, -0.05) is 30.3 Å². The van der Waals surface area contributed by atoms with Crippen LogP contribution in [0.4, 0.5) is 0 Å². The van der Waals surface area contributed by atoms with Gasteiger partial charge in [-0.05, 0) is 65.8 Å². The van der Waals surface area contributed by atoms with Crippen LogP contribution >= 0.6 is 22.6 Å². The molecule has 0 aliphatic heterocycles. The van der Waals surface area contributed by atoms with Crippen molar-refractivity contribution in [1.29, 1.82) is 0 Å². The second-order valence-electron chi connectivity index (χ2n) is 4.17. The van der Waals surface area contributed by atoms with Gasteiger partial charge in [0.1, 0.15) is 5.75 Å². The first-order valence-corrected chi connectivity index (χ1v) is 6.76. The SMILES string of the molecule is CC(C)Oc1ccc(-c2ccccc2I)cc1. The van der Waals surface area contributed by atoms with Gasteiger partial charge in [0, 0.05) is 3.57 Å². The average molecular weight is 338 g/mol. The minimum absolute atomic E-state index is 0.220. The Balaban J connectivity index is 2.27. The van der Waals surface area contributed by atoms with Crippen molar-refractivity contribution in [3.05, 3.63) is 52.1 Å². The first kappa shape index (κ1) is 12.4. The van der Waals surface area contributed by atoms with Crippen LogP contribution in [0.15, 0.2) is 48.5 Å². The van der Waals surface area contributed by atoms with Gasteiger partial charge in [-0.15, -0.1) is 0 Å². The molecule has 0 aliphatic carbocycles. The van der Waals surface area contributed by atoms with Gasteiger partial charge in [-0.2, -0.15) is 0 Å². The Morgan fingerprint density at radius 3 is 2.18 bits per heavy atom. The third-order valence-electron chi connectivity index (χ3n) is 2.41. The number of hydrogen-bond acceptors (Lipinski definition) is 1. The van der Waals surface area contributed by atoms with Crippen LogP contribution in [0.25, 0.3) is 11.1 Å². The van der Waals surface area contributed by atoms with E-state index in [1.54, 1.807) is 0 Å². The van der Waals surface area contributed by atoms with Crippen LogP contribution in [0, 0.1) is 3.57 Å².